The normalized spacial score (nSPS) is 10.7. The standard InChI is InChI=1S/C12H8BrN3OS/c13-7-3-8(14)5-9(4-7)17-11-10-1-2-18-12(10)16-6-15-11/h1-6H,14H2. The predicted molar refractivity (Wildman–Crippen MR) is 76.0 cm³/mol. The molecule has 3 aromatic rings. The van der Waals surface area contributed by atoms with E-state index in [-0.39, 0.29) is 0 Å². The van der Waals surface area contributed by atoms with Crippen molar-refractivity contribution in [3.8, 4) is 11.6 Å². The molecule has 0 fully saturated rings. The van der Waals surface area contributed by atoms with Crippen LogP contribution in [0.15, 0.2) is 40.4 Å². The van der Waals surface area contributed by atoms with E-state index in [1.54, 1.807) is 17.4 Å². The van der Waals surface area contributed by atoms with Gasteiger partial charge in [0.15, 0.2) is 0 Å². The van der Waals surface area contributed by atoms with Crippen molar-refractivity contribution in [3.63, 3.8) is 0 Å². The average Bonchev–Trinajstić information content (AvgIpc) is 2.76. The van der Waals surface area contributed by atoms with Gasteiger partial charge in [-0.2, -0.15) is 0 Å². The van der Waals surface area contributed by atoms with Gasteiger partial charge in [-0.15, -0.1) is 11.3 Å². The Morgan fingerprint density at radius 2 is 2.11 bits per heavy atom. The predicted octanol–water partition coefficient (Wildman–Crippen LogP) is 3.83. The summed E-state index contributed by atoms with van der Waals surface area (Å²) in [5, 5.41) is 2.86. The lowest BCUT2D eigenvalue weighted by Crippen LogP contribution is -1.91. The van der Waals surface area contributed by atoms with E-state index in [9.17, 15) is 0 Å². The summed E-state index contributed by atoms with van der Waals surface area (Å²) in [6.45, 7) is 0. The molecule has 0 spiro atoms. The number of benzene rings is 1. The van der Waals surface area contributed by atoms with Crippen molar-refractivity contribution in [2.75, 3.05) is 5.73 Å². The summed E-state index contributed by atoms with van der Waals surface area (Å²) >= 11 is 4.93. The van der Waals surface area contributed by atoms with Crippen molar-refractivity contribution in [1.82, 2.24) is 9.97 Å². The van der Waals surface area contributed by atoms with Crippen LogP contribution < -0.4 is 10.5 Å². The number of nitrogens with two attached hydrogens (primary N) is 1. The molecule has 2 N–H and O–H groups in total. The summed E-state index contributed by atoms with van der Waals surface area (Å²) < 4.78 is 6.63. The number of nitrogens with zero attached hydrogens (tertiary/aromatic N) is 2. The molecule has 0 unspecified atom stereocenters. The Balaban J connectivity index is 2.03. The number of nitrogen functional groups attached to an aromatic ring is 1. The summed E-state index contributed by atoms with van der Waals surface area (Å²) in [5.41, 5.74) is 6.40. The van der Waals surface area contributed by atoms with E-state index < -0.39 is 0 Å². The van der Waals surface area contributed by atoms with Gasteiger partial charge < -0.3 is 10.5 Å². The van der Waals surface area contributed by atoms with Gasteiger partial charge in [-0.1, -0.05) is 15.9 Å². The second kappa shape index (κ2) is 4.55. The third-order valence-corrected chi connectivity index (χ3v) is 3.61. The summed E-state index contributed by atoms with van der Waals surface area (Å²) in [5.74, 6) is 1.19. The molecule has 0 atom stereocenters. The lowest BCUT2D eigenvalue weighted by Gasteiger charge is -2.06. The first-order valence-electron chi connectivity index (χ1n) is 5.14. The Morgan fingerprint density at radius 1 is 1.22 bits per heavy atom. The minimum Gasteiger partial charge on any atom is -0.438 e. The van der Waals surface area contributed by atoms with Crippen LogP contribution in [-0.2, 0) is 0 Å². The van der Waals surface area contributed by atoms with Gasteiger partial charge in [0.25, 0.3) is 0 Å². The van der Waals surface area contributed by atoms with Gasteiger partial charge in [0.1, 0.15) is 16.9 Å². The summed E-state index contributed by atoms with van der Waals surface area (Å²) in [4.78, 5) is 9.23. The summed E-state index contributed by atoms with van der Waals surface area (Å²) in [6, 6.07) is 7.35. The number of ether oxygens (including phenoxy) is 1. The fraction of sp³-hybridized carbons (Fsp3) is 0. The molecule has 0 saturated carbocycles. The molecule has 0 radical (unpaired) electrons. The molecule has 90 valence electrons. The van der Waals surface area contributed by atoms with Gasteiger partial charge in [0.05, 0.1) is 5.39 Å². The second-order valence-electron chi connectivity index (χ2n) is 3.64. The van der Waals surface area contributed by atoms with Gasteiger partial charge in [0, 0.05) is 16.2 Å². The number of halogens is 1. The molecule has 0 amide bonds. The molecule has 6 heteroatoms. The van der Waals surface area contributed by atoms with Crippen molar-refractivity contribution in [3.05, 3.63) is 40.4 Å². The molecule has 0 saturated heterocycles. The van der Waals surface area contributed by atoms with Gasteiger partial charge in [0.2, 0.25) is 5.88 Å². The third-order valence-electron chi connectivity index (χ3n) is 2.33. The Morgan fingerprint density at radius 3 is 2.94 bits per heavy atom. The van der Waals surface area contributed by atoms with Gasteiger partial charge in [-0.25, -0.2) is 9.97 Å². The van der Waals surface area contributed by atoms with Crippen LogP contribution in [0, 0.1) is 0 Å². The van der Waals surface area contributed by atoms with E-state index in [4.69, 9.17) is 10.5 Å². The monoisotopic (exact) mass is 321 g/mol. The molecule has 0 aliphatic heterocycles. The van der Waals surface area contributed by atoms with Crippen LogP contribution in [0.2, 0.25) is 0 Å². The molecule has 2 aromatic heterocycles. The first-order chi connectivity index (χ1) is 8.72. The number of fused-ring (bicyclic) bond motifs is 1. The fourth-order valence-corrected chi connectivity index (χ4v) is 2.82. The Kier molecular flexibility index (Phi) is 2.89. The second-order valence-corrected chi connectivity index (χ2v) is 5.45. The van der Waals surface area contributed by atoms with Crippen molar-refractivity contribution >= 4 is 43.2 Å². The maximum Gasteiger partial charge on any atom is 0.231 e. The smallest absolute Gasteiger partial charge is 0.231 e. The Bertz CT molecular complexity index is 693. The number of hydrogen-bond acceptors (Lipinski definition) is 5. The molecule has 0 aliphatic rings. The van der Waals surface area contributed by atoms with Crippen LogP contribution in [0.5, 0.6) is 11.6 Å². The van der Waals surface area contributed by atoms with Crippen LogP contribution in [0.3, 0.4) is 0 Å². The zero-order valence-corrected chi connectivity index (χ0v) is 11.5. The molecule has 3 rings (SSSR count). The van der Waals surface area contributed by atoms with Crippen LogP contribution >= 0.6 is 27.3 Å². The molecular formula is C12H8BrN3OS. The first-order valence-corrected chi connectivity index (χ1v) is 6.82. The van der Waals surface area contributed by atoms with Crippen molar-refractivity contribution in [1.29, 1.82) is 0 Å². The van der Waals surface area contributed by atoms with Gasteiger partial charge in [-0.3, -0.25) is 0 Å². The maximum absolute atomic E-state index is 5.77. The van der Waals surface area contributed by atoms with E-state index in [0.717, 1.165) is 14.7 Å². The quantitative estimate of drug-likeness (QED) is 0.729. The van der Waals surface area contributed by atoms with Gasteiger partial charge >= 0.3 is 0 Å². The highest BCUT2D eigenvalue weighted by Gasteiger charge is 2.07. The number of aromatic nitrogens is 2. The fourth-order valence-electron chi connectivity index (χ4n) is 1.60. The molecular weight excluding hydrogens is 314 g/mol. The van der Waals surface area contributed by atoms with Crippen molar-refractivity contribution in [2.24, 2.45) is 0 Å². The molecule has 4 nitrogen and oxygen atoms in total. The minimum atomic E-state index is 0.541. The van der Waals surface area contributed by atoms with Gasteiger partial charge in [-0.05, 0) is 23.6 Å². The SMILES string of the molecule is Nc1cc(Br)cc(Oc2ncnc3sccc23)c1. The lowest BCUT2D eigenvalue weighted by molar-refractivity contribution is 0.468. The third kappa shape index (κ3) is 2.16. The number of anilines is 1. The van der Waals surface area contributed by atoms with Crippen LogP contribution in [-0.4, -0.2) is 9.97 Å². The Labute approximate surface area is 116 Å². The van der Waals surface area contributed by atoms with E-state index in [0.29, 0.717) is 17.3 Å². The molecule has 2 heterocycles. The lowest BCUT2D eigenvalue weighted by atomic mass is 10.3. The van der Waals surface area contributed by atoms with E-state index in [1.807, 2.05) is 23.6 Å². The Hall–Kier alpha value is -1.66. The topological polar surface area (TPSA) is 61.0 Å². The van der Waals surface area contributed by atoms with Crippen molar-refractivity contribution < 1.29 is 4.74 Å². The zero-order chi connectivity index (χ0) is 12.5. The largest absolute Gasteiger partial charge is 0.438 e. The van der Waals surface area contributed by atoms with E-state index >= 15 is 0 Å². The highest BCUT2D eigenvalue weighted by Crippen LogP contribution is 2.31. The first kappa shape index (κ1) is 11.4. The molecule has 0 aliphatic carbocycles. The van der Waals surface area contributed by atoms with E-state index in [1.165, 1.54) is 6.33 Å². The van der Waals surface area contributed by atoms with Crippen LogP contribution in [0.1, 0.15) is 0 Å². The van der Waals surface area contributed by atoms with Crippen molar-refractivity contribution in [2.45, 2.75) is 0 Å². The maximum atomic E-state index is 5.77. The average molecular weight is 322 g/mol. The van der Waals surface area contributed by atoms with Crippen LogP contribution in [0.4, 0.5) is 5.69 Å². The molecule has 18 heavy (non-hydrogen) atoms. The van der Waals surface area contributed by atoms with Crippen LogP contribution in [0.25, 0.3) is 10.2 Å². The highest BCUT2D eigenvalue weighted by atomic mass is 79.9. The summed E-state index contributed by atoms with van der Waals surface area (Å²) in [6.07, 6.45) is 1.50. The summed E-state index contributed by atoms with van der Waals surface area (Å²) in [7, 11) is 0. The number of thiophene rings is 1. The minimum absolute atomic E-state index is 0.541. The highest BCUT2D eigenvalue weighted by molar-refractivity contribution is 9.10. The molecule has 1 aromatic carbocycles. The number of rotatable bonds is 2. The molecule has 0 bridgehead atoms. The zero-order valence-electron chi connectivity index (χ0n) is 9.13. The van der Waals surface area contributed by atoms with E-state index in [2.05, 4.69) is 25.9 Å². The number of hydrogen-bond donors (Lipinski definition) is 1.